The molecule has 5 nitrogen and oxygen atoms in total. The molecule has 30 heavy (non-hydrogen) atoms. The number of nitrogens with zero attached hydrogens (tertiary/aromatic N) is 2. The standard InChI is InChI=1S/C25H35N3O2/c1-16(2)18-5-7-19(8-6-18)27-12-10-20(11-13-27)28-23-9-4-17(3)14-21(23)22(25(28)30)15-24(26)29/h4,9,14,19-20,22H,5-8,10-13,15H2,1-3H3,(H2,26,29). The first-order chi connectivity index (χ1) is 14.3. The summed E-state index contributed by atoms with van der Waals surface area (Å²) in [6.45, 7) is 8.59. The van der Waals surface area contributed by atoms with Crippen molar-refractivity contribution in [3.05, 3.63) is 40.5 Å². The van der Waals surface area contributed by atoms with Crippen LogP contribution in [0.2, 0.25) is 0 Å². The molecule has 1 saturated heterocycles. The van der Waals surface area contributed by atoms with Crippen LogP contribution < -0.4 is 10.6 Å². The lowest BCUT2D eigenvalue weighted by atomic mass is 9.86. The van der Waals surface area contributed by atoms with E-state index >= 15 is 0 Å². The van der Waals surface area contributed by atoms with E-state index in [2.05, 4.69) is 36.9 Å². The number of carbonyl (C=O) groups is 2. The van der Waals surface area contributed by atoms with Gasteiger partial charge in [-0.1, -0.05) is 28.8 Å². The summed E-state index contributed by atoms with van der Waals surface area (Å²) in [4.78, 5) is 29.5. The van der Waals surface area contributed by atoms with Crippen molar-refractivity contribution in [3.63, 3.8) is 0 Å². The van der Waals surface area contributed by atoms with Crippen LogP contribution in [0.4, 0.5) is 5.69 Å². The minimum Gasteiger partial charge on any atom is -0.370 e. The van der Waals surface area contributed by atoms with Gasteiger partial charge in [0.25, 0.3) is 0 Å². The summed E-state index contributed by atoms with van der Waals surface area (Å²) >= 11 is 0. The average Bonchev–Trinajstić information content (AvgIpc) is 2.99. The van der Waals surface area contributed by atoms with Crippen molar-refractivity contribution < 1.29 is 9.59 Å². The van der Waals surface area contributed by atoms with E-state index in [9.17, 15) is 9.59 Å². The van der Waals surface area contributed by atoms with Crippen molar-refractivity contribution in [1.29, 1.82) is 0 Å². The van der Waals surface area contributed by atoms with Gasteiger partial charge in [0.2, 0.25) is 11.8 Å². The third-order valence-corrected chi connectivity index (χ3v) is 7.41. The molecule has 2 aliphatic heterocycles. The first-order valence-corrected chi connectivity index (χ1v) is 11.5. The Morgan fingerprint density at radius 2 is 1.73 bits per heavy atom. The molecule has 2 amide bonds. The summed E-state index contributed by atoms with van der Waals surface area (Å²) in [7, 11) is 0. The fourth-order valence-corrected chi connectivity index (χ4v) is 5.69. The maximum Gasteiger partial charge on any atom is 0.235 e. The van der Waals surface area contributed by atoms with Gasteiger partial charge in [0.1, 0.15) is 0 Å². The predicted octanol–water partition coefficient (Wildman–Crippen LogP) is 4.04. The molecule has 4 rings (SSSR count). The normalized spacial score (nSPS) is 25.5. The lowest BCUT2D eigenvalue weighted by molar-refractivity contribution is -0.124. The van der Waals surface area contributed by atoms with Gasteiger partial charge >= 0.3 is 0 Å². The first kappa shape index (κ1) is 21.1. The number of anilines is 1. The zero-order chi connectivity index (χ0) is 21.4. The highest BCUT2D eigenvalue weighted by Crippen LogP contribution is 2.42. The number of primary amides is 1. The second kappa shape index (κ2) is 8.54. The van der Waals surface area contributed by atoms with Crippen LogP contribution in [-0.2, 0) is 9.59 Å². The van der Waals surface area contributed by atoms with E-state index in [1.165, 1.54) is 31.3 Å². The molecule has 2 N–H and O–H groups in total. The van der Waals surface area contributed by atoms with Gasteiger partial charge < -0.3 is 15.5 Å². The second-order valence-electron chi connectivity index (χ2n) is 9.60. The summed E-state index contributed by atoms with van der Waals surface area (Å²) < 4.78 is 0. The van der Waals surface area contributed by atoms with E-state index in [0.29, 0.717) is 6.04 Å². The lowest BCUT2D eigenvalue weighted by Crippen LogP contribution is -2.50. The molecule has 0 spiro atoms. The Labute approximate surface area is 180 Å². The molecule has 1 aromatic rings. The zero-order valence-corrected chi connectivity index (χ0v) is 18.6. The van der Waals surface area contributed by atoms with E-state index in [-0.39, 0.29) is 18.4 Å². The molecule has 1 atom stereocenters. The number of nitrogens with two attached hydrogens (primary N) is 1. The summed E-state index contributed by atoms with van der Waals surface area (Å²) in [6, 6.07) is 7.06. The smallest absolute Gasteiger partial charge is 0.235 e. The first-order valence-electron chi connectivity index (χ1n) is 11.5. The minimum absolute atomic E-state index is 0.0544. The Hall–Kier alpha value is -2.14. The topological polar surface area (TPSA) is 66.6 Å². The fourth-order valence-electron chi connectivity index (χ4n) is 5.69. The van der Waals surface area contributed by atoms with Crippen molar-refractivity contribution >= 4 is 17.5 Å². The molecule has 0 aromatic heterocycles. The number of allylic oxidation sites excluding steroid dienone is 2. The van der Waals surface area contributed by atoms with Crippen molar-refractivity contribution in [1.82, 2.24) is 4.90 Å². The van der Waals surface area contributed by atoms with E-state index in [1.54, 1.807) is 5.57 Å². The molecular weight excluding hydrogens is 374 g/mol. The van der Waals surface area contributed by atoms with Crippen LogP contribution in [0, 0.1) is 6.92 Å². The van der Waals surface area contributed by atoms with Crippen LogP contribution in [0.15, 0.2) is 29.3 Å². The molecule has 0 bridgehead atoms. The highest BCUT2D eigenvalue weighted by molar-refractivity contribution is 6.07. The molecule has 162 valence electrons. The second-order valence-corrected chi connectivity index (χ2v) is 9.60. The number of hydrogen-bond acceptors (Lipinski definition) is 3. The molecule has 1 aromatic carbocycles. The van der Waals surface area contributed by atoms with Gasteiger partial charge in [-0.2, -0.15) is 0 Å². The van der Waals surface area contributed by atoms with Crippen LogP contribution in [-0.4, -0.2) is 41.9 Å². The molecule has 3 aliphatic rings. The number of rotatable bonds is 4. The summed E-state index contributed by atoms with van der Waals surface area (Å²) in [6.07, 6.45) is 7.08. The van der Waals surface area contributed by atoms with E-state index in [0.717, 1.165) is 42.7 Å². The van der Waals surface area contributed by atoms with Crippen molar-refractivity contribution in [3.8, 4) is 0 Å². The Balaban J connectivity index is 1.44. The summed E-state index contributed by atoms with van der Waals surface area (Å²) in [5.41, 5.74) is 11.7. The minimum atomic E-state index is -0.420. The summed E-state index contributed by atoms with van der Waals surface area (Å²) in [5.74, 6) is -0.777. The largest absolute Gasteiger partial charge is 0.370 e. The number of benzene rings is 1. The third kappa shape index (κ3) is 4.04. The Bertz CT molecular complexity index is 853. The number of fused-ring (bicyclic) bond motifs is 1. The number of amides is 2. The van der Waals surface area contributed by atoms with Gasteiger partial charge in [-0.25, -0.2) is 0 Å². The number of hydrogen-bond donors (Lipinski definition) is 1. The van der Waals surface area contributed by atoms with E-state index in [1.807, 2.05) is 11.8 Å². The van der Waals surface area contributed by atoms with Gasteiger partial charge in [-0.05, 0) is 70.9 Å². The molecule has 1 aliphatic carbocycles. The quantitative estimate of drug-likeness (QED) is 0.763. The van der Waals surface area contributed by atoms with Crippen LogP contribution in [0.5, 0.6) is 0 Å². The Kier molecular flexibility index (Phi) is 6.01. The monoisotopic (exact) mass is 409 g/mol. The molecule has 1 unspecified atom stereocenters. The molecule has 0 radical (unpaired) electrons. The maximum atomic E-state index is 13.3. The SMILES string of the molecule is CC(C)=C1CCC(N2CCC(N3C(=O)C(CC(N)=O)c4cc(C)ccc43)CC2)CC1. The summed E-state index contributed by atoms with van der Waals surface area (Å²) in [5, 5.41) is 0. The van der Waals surface area contributed by atoms with Crippen LogP contribution >= 0.6 is 0 Å². The van der Waals surface area contributed by atoms with E-state index < -0.39 is 11.8 Å². The van der Waals surface area contributed by atoms with Gasteiger partial charge in [-0.3, -0.25) is 9.59 Å². The van der Waals surface area contributed by atoms with E-state index in [4.69, 9.17) is 5.73 Å². The van der Waals surface area contributed by atoms with Crippen LogP contribution in [0.25, 0.3) is 0 Å². The number of aryl methyl sites for hydroxylation is 1. The number of likely N-dealkylation sites (tertiary alicyclic amines) is 1. The van der Waals surface area contributed by atoms with Gasteiger partial charge in [0.05, 0.1) is 5.92 Å². The van der Waals surface area contributed by atoms with Gasteiger partial charge in [0.15, 0.2) is 0 Å². The maximum absolute atomic E-state index is 13.3. The van der Waals surface area contributed by atoms with Gasteiger partial charge in [0, 0.05) is 37.3 Å². The van der Waals surface area contributed by atoms with Crippen LogP contribution in [0.3, 0.4) is 0 Å². The predicted molar refractivity (Wildman–Crippen MR) is 120 cm³/mol. The number of piperidine rings is 1. The molecule has 5 heteroatoms. The fraction of sp³-hybridized carbons (Fsp3) is 0.600. The van der Waals surface area contributed by atoms with Crippen molar-refractivity contribution in [2.45, 2.75) is 83.7 Å². The lowest BCUT2D eigenvalue weighted by Gasteiger charge is -2.42. The van der Waals surface area contributed by atoms with Crippen molar-refractivity contribution in [2.75, 3.05) is 18.0 Å². The Morgan fingerprint density at radius 3 is 2.33 bits per heavy atom. The van der Waals surface area contributed by atoms with Gasteiger partial charge in [-0.15, -0.1) is 0 Å². The zero-order valence-electron chi connectivity index (χ0n) is 18.6. The number of carbonyl (C=O) groups excluding carboxylic acids is 2. The molecule has 2 fully saturated rings. The highest BCUT2D eigenvalue weighted by atomic mass is 16.2. The molecular formula is C25H35N3O2. The third-order valence-electron chi connectivity index (χ3n) is 7.41. The molecule has 2 heterocycles. The average molecular weight is 410 g/mol. The Morgan fingerprint density at radius 1 is 1.07 bits per heavy atom. The van der Waals surface area contributed by atoms with Crippen molar-refractivity contribution in [2.24, 2.45) is 5.73 Å². The molecule has 1 saturated carbocycles. The van der Waals surface area contributed by atoms with Crippen LogP contribution in [0.1, 0.15) is 75.8 Å². The highest BCUT2D eigenvalue weighted by Gasteiger charge is 2.42.